The highest BCUT2D eigenvalue weighted by molar-refractivity contribution is 7.92. The van der Waals surface area contributed by atoms with E-state index in [1.165, 1.54) is 6.20 Å². The number of aromatic nitrogens is 3. The van der Waals surface area contributed by atoms with E-state index in [4.69, 9.17) is 4.52 Å². The maximum atomic E-state index is 11.3. The van der Waals surface area contributed by atoms with Gasteiger partial charge < -0.3 is 4.52 Å². The molecule has 9 heteroatoms. The van der Waals surface area contributed by atoms with Crippen LogP contribution in [0.25, 0.3) is 11.4 Å². The fourth-order valence-corrected chi connectivity index (χ4v) is 3.02. The Kier molecular flexibility index (Phi) is 3.83. The van der Waals surface area contributed by atoms with Gasteiger partial charge in [-0.1, -0.05) is 5.16 Å². The number of sulfonamides is 1. The Labute approximate surface area is 128 Å². The topological polar surface area (TPSA) is 101 Å². The zero-order valence-electron chi connectivity index (χ0n) is 12.4. The minimum absolute atomic E-state index is 0.150. The Morgan fingerprint density at radius 2 is 2.27 bits per heavy atom. The minimum Gasteiger partial charge on any atom is -0.337 e. The molecule has 8 nitrogen and oxygen atoms in total. The number of pyridine rings is 1. The zero-order chi connectivity index (χ0) is 15.7. The first-order valence-corrected chi connectivity index (χ1v) is 8.79. The molecule has 1 N–H and O–H groups in total. The second kappa shape index (κ2) is 5.65. The van der Waals surface area contributed by atoms with Gasteiger partial charge in [-0.25, -0.2) is 13.4 Å². The van der Waals surface area contributed by atoms with Gasteiger partial charge in [0.15, 0.2) is 0 Å². The van der Waals surface area contributed by atoms with Gasteiger partial charge in [-0.15, -0.1) is 0 Å². The highest BCUT2D eigenvalue weighted by Crippen LogP contribution is 2.30. The van der Waals surface area contributed by atoms with Crippen molar-refractivity contribution in [1.82, 2.24) is 20.0 Å². The number of nitrogens with one attached hydrogen (secondary N) is 1. The third-order valence-electron chi connectivity index (χ3n) is 3.56. The molecule has 2 aromatic rings. The second-order valence-corrected chi connectivity index (χ2v) is 7.15. The normalized spacial score (nSPS) is 19.5. The van der Waals surface area contributed by atoms with Crippen LogP contribution in [-0.2, 0) is 10.0 Å². The van der Waals surface area contributed by atoms with Crippen LogP contribution >= 0.6 is 0 Å². The van der Waals surface area contributed by atoms with E-state index in [1.54, 1.807) is 12.1 Å². The molecule has 118 valence electrons. The van der Waals surface area contributed by atoms with Gasteiger partial charge in [-0.3, -0.25) is 9.62 Å². The van der Waals surface area contributed by atoms with E-state index < -0.39 is 10.0 Å². The van der Waals surface area contributed by atoms with Crippen LogP contribution in [0.1, 0.15) is 24.8 Å². The first-order chi connectivity index (χ1) is 10.4. The highest BCUT2D eigenvalue weighted by Gasteiger charge is 2.28. The Morgan fingerprint density at radius 1 is 1.45 bits per heavy atom. The molecule has 1 fully saturated rings. The Morgan fingerprint density at radius 3 is 2.95 bits per heavy atom. The van der Waals surface area contributed by atoms with Crippen LogP contribution in [-0.4, -0.2) is 48.3 Å². The molecule has 3 rings (SSSR count). The lowest BCUT2D eigenvalue weighted by Crippen LogP contribution is -2.17. The van der Waals surface area contributed by atoms with Crippen molar-refractivity contribution >= 4 is 15.8 Å². The van der Waals surface area contributed by atoms with Crippen LogP contribution in [0.5, 0.6) is 0 Å². The second-order valence-electron chi connectivity index (χ2n) is 5.40. The predicted octanol–water partition coefficient (Wildman–Crippen LogP) is 1.27. The van der Waals surface area contributed by atoms with Crippen molar-refractivity contribution in [2.24, 2.45) is 0 Å². The third kappa shape index (κ3) is 3.25. The third-order valence-corrected chi connectivity index (χ3v) is 4.14. The number of hydrogen-bond donors (Lipinski definition) is 1. The van der Waals surface area contributed by atoms with E-state index in [1.807, 2.05) is 7.05 Å². The van der Waals surface area contributed by atoms with Crippen molar-refractivity contribution in [2.45, 2.75) is 18.9 Å². The number of hydrogen-bond acceptors (Lipinski definition) is 7. The molecule has 0 aromatic carbocycles. The molecule has 3 heterocycles. The fraction of sp³-hybridized carbons (Fsp3) is 0.462. The van der Waals surface area contributed by atoms with Crippen LogP contribution in [0.2, 0.25) is 0 Å². The summed E-state index contributed by atoms with van der Waals surface area (Å²) < 4.78 is 30.2. The predicted molar refractivity (Wildman–Crippen MR) is 80.6 cm³/mol. The maximum Gasteiger partial charge on any atom is 0.244 e. The van der Waals surface area contributed by atoms with E-state index in [2.05, 4.69) is 24.7 Å². The summed E-state index contributed by atoms with van der Waals surface area (Å²) in [5.41, 5.74) is 0.650. The van der Waals surface area contributed by atoms with Crippen LogP contribution in [0.4, 0.5) is 5.82 Å². The fourth-order valence-electron chi connectivity index (χ4n) is 2.53. The molecule has 1 atom stereocenters. The molecule has 1 aliphatic heterocycles. The number of anilines is 1. The first kappa shape index (κ1) is 14.9. The van der Waals surface area contributed by atoms with Crippen LogP contribution in [0.15, 0.2) is 22.9 Å². The van der Waals surface area contributed by atoms with Crippen LogP contribution < -0.4 is 4.72 Å². The Hall–Kier alpha value is -2.00. The van der Waals surface area contributed by atoms with Gasteiger partial charge in [-0.2, -0.15) is 4.98 Å². The minimum atomic E-state index is -3.37. The zero-order valence-corrected chi connectivity index (χ0v) is 13.2. The molecule has 0 unspecified atom stereocenters. The van der Waals surface area contributed by atoms with Crippen LogP contribution in [0, 0.1) is 0 Å². The number of nitrogens with zero attached hydrogens (tertiary/aromatic N) is 4. The summed E-state index contributed by atoms with van der Waals surface area (Å²) >= 11 is 0. The van der Waals surface area contributed by atoms with E-state index in [0.29, 0.717) is 17.3 Å². The Balaban J connectivity index is 1.85. The summed E-state index contributed by atoms with van der Waals surface area (Å²) in [7, 11) is -1.34. The largest absolute Gasteiger partial charge is 0.337 e. The lowest BCUT2D eigenvalue weighted by Gasteiger charge is -2.14. The summed E-state index contributed by atoms with van der Waals surface area (Å²) in [4.78, 5) is 10.6. The van der Waals surface area contributed by atoms with E-state index in [0.717, 1.165) is 25.6 Å². The summed E-state index contributed by atoms with van der Waals surface area (Å²) in [5, 5.41) is 3.99. The molecule has 0 saturated carbocycles. The molecule has 0 aliphatic carbocycles. The lowest BCUT2D eigenvalue weighted by molar-refractivity contribution is 0.245. The van der Waals surface area contributed by atoms with Crippen molar-refractivity contribution < 1.29 is 12.9 Å². The van der Waals surface area contributed by atoms with Gasteiger partial charge in [0, 0.05) is 11.8 Å². The van der Waals surface area contributed by atoms with Crippen molar-refractivity contribution in [1.29, 1.82) is 0 Å². The average Bonchev–Trinajstić information content (AvgIpc) is 3.05. The van der Waals surface area contributed by atoms with Gasteiger partial charge in [0.1, 0.15) is 5.82 Å². The van der Waals surface area contributed by atoms with Crippen molar-refractivity contribution in [3.63, 3.8) is 0 Å². The van der Waals surface area contributed by atoms with E-state index in [-0.39, 0.29) is 11.9 Å². The summed E-state index contributed by atoms with van der Waals surface area (Å²) in [5.74, 6) is 1.24. The molecular weight excluding hydrogens is 306 g/mol. The molecule has 0 spiro atoms. The van der Waals surface area contributed by atoms with E-state index in [9.17, 15) is 8.42 Å². The van der Waals surface area contributed by atoms with Crippen LogP contribution in [0.3, 0.4) is 0 Å². The standard InChI is InChI=1S/C13H17N5O3S/c1-18-7-3-4-10(18)13-15-12(16-21-13)9-5-6-14-11(8-9)17-22(2,19)20/h5-6,8,10H,3-4,7H2,1-2H3,(H,14,17)/t10-/m0/s1. The van der Waals surface area contributed by atoms with Crippen molar-refractivity contribution in [3.8, 4) is 11.4 Å². The summed E-state index contributed by atoms with van der Waals surface area (Å²) in [6.07, 6.45) is 4.68. The summed E-state index contributed by atoms with van der Waals surface area (Å²) in [6, 6.07) is 3.44. The smallest absolute Gasteiger partial charge is 0.244 e. The highest BCUT2D eigenvalue weighted by atomic mass is 32.2. The molecule has 2 aromatic heterocycles. The molecule has 1 saturated heterocycles. The first-order valence-electron chi connectivity index (χ1n) is 6.90. The van der Waals surface area contributed by atoms with Gasteiger partial charge in [0.05, 0.1) is 12.3 Å². The number of rotatable bonds is 4. The summed E-state index contributed by atoms with van der Waals surface area (Å²) in [6.45, 7) is 1.01. The lowest BCUT2D eigenvalue weighted by atomic mass is 10.2. The van der Waals surface area contributed by atoms with E-state index >= 15 is 0 Å². The molecule has 22 heavy (non-hydrogen) atoms. The van der Waals surface area contributed by atoms with Crippen molar-refractivity contribution in [3.05, 3.63) is 24.2 Å². The maximum absolute atomic E-state index is 11.3. The SMILES string of the molecule is CN1CCC[C@H]1c1nc(-c2ccnc(NS(C)(=O)=O)c2)no1. The van der Waals surface area contributed by atoms with Crippen molar-refractivity contribution in [2.75, 3.05) is 24.6 Å². The van der Waals surface area contributed by atoms with Gasteiger partial charge >= 0.3 is 0 Å². The van der Waals surface area contributed by atoms with Gasteiger partial charge in [-0.05, 0) is 38.6 Å². The number of likely N-dealkylation sites (tertiary alicyclic amines) is 1. The molecule has 0 bridgehead atoms. The van der Waals surface area contributed by atoms with Gasteiger partial charge in [0.2, 0.25) is 21.7 Å². The van der Waals surface area contributed by atoms with Gasteiger partial charge in [0.25, 0.3) is 0 Å². The average molecular weight is 323 g/mol. The molecular formula is C13H17N5O3S. The molecule has 1 aliphatic rings. The monoisotopic (exact) mass is 323 g/mol. The quantitative estimate of drug-likeness (QED) is 0.904. The molecule has 0 amide bonds. The molecule has 0 radical (unpaired) electrons. The Bertz CT molecular complexity index is 773.